The topological polar surface area (TPSA) is 122 Å². The Bertz CT molecular complexity index is 670. The van der Waals surface area contributed by atoms with Gasteiger partial charge in [-0.25, -0.2) is 17.9 Å². The Labute approximate surface area is 121 Å². The number of fused-ring (bicyclic) bond motifs is 1. The van der Waals surface area contributed by atoms with Crippen molar-refractivity contribution in [3.05, 3.63) is 23.8 Å². The third-order valence-corrected chi connectivity index (χ3v) is 4.23. The molecule has 0 aliphatic carbocycles. The molecule has 0 saturated carbocycles. The van der Waals surface area contributed by atoms with Gasteiger partial charge in [0.1, 0.15) is 6.61 Å². The second kappa shape index (κ2) is 6.20. The summed E-state index contributed by atoms with van der Waals surface area (Å²) < 4.78 is 31.1. The molecule has 1 aromatic rings. The third kappa shape index (κ3) is 4.00. The fourth-order valence-electron chi connectivity index (χ4n) is 1.86. The van der Waals surface area contributed by atoms with E-state index in [0.29, 0.717) is 11.3 Å². The highest BCUT2D eigenvalue weighted by molar-refractivity contribution is 7.89. The number of benzene rings is 1. The fourth-order valence-corrected chi connectivity index (χ4v) is 2.93. The van der Waals surface area contributed by atoms with Gasteiger partial charge in [0, 0.05) is 12.2 Å². The Morgan fingerprint density at radius 2 is 2.19 bits per heavy atom. The van der Waals surface area contributed by atoms with Gasteiger partial charge in [0.15, 0.2) is 0 Å². The van der Waals surface area contributed by atoms with Crippen molar-refractivity contribution < 1.29 is 27.9 Å². The zero-order chi connectivity index (χ0) is 15.5. The minimum Gasteiger partial charge on any atom is -0.480 e. The summed E-state index contributed by atoms with van der Waals surface area (Å²) in [7, 11) is -3.72. The van der Waals surface area contributed by atoms with Crippen molar-refractivity contribution in [2.75, 3.05) is 25.1 Å². The average Bonchev–Trinajstić information content (AvgIpc) is 2.76. The molecule has 1 aliphatic rings. The first kappa shape index (κ1) is 15.4. The number of ether oxygens (including phenoxy) is 1. The fraction of sp³-hybridized carbons (Fsp3) is 0.333. The lowest BCUT2D eigenvalue weighted by atomic mass is 10.2. The lowest BCUT2D eigenvalue weighted by Crippen LogP contribution is -2.28. The first-order valence-electron chi connectivity index (χ1n) is 6.10. The summed E-state index contributed by atoms with van der Waals surface area (Å²) >= 11 is 0. The molecule has 1 amide bonds. The van der Waals surface area contributed by atoms with E-state index in [1.807, 2.05) is 0 Å². The minimum absolute atomic E-state index is 0.0378. The van der Waals surface area contributed by atoms with E-state index in [0.717, 1.165) is 0 Å². The molecule has 0 bridgehead atoms. The number of sulfonamides is 1. The Balaban J connectivity index is 1.95. The summed E-state index contributed by atoms with van der Waals surface area (Å²) in [6.07, 6.45) is 0.153. The lowest BCUT2D eigenvalue weighted by Gasteiger charge is -2.08. The number of aliphatic carboxylic acids is 1. The van der Waals surface area contributed by atoms with Gasteiger partial charge in [0.05, 0.1) is 17.9 Å². The molecule has 21 heavy (non-hydrogen) atoms. The summed E-state index contributed by atoms with van der Waals surface area (Å²) in [5, 5.41) is 11.0. The number of nitrogens with one attached hydrogen (secondary N) is 2. The molecule has 0 radical (unpaired) electrons. The van der Waals surface area contributed by atoms with Crippen molar-refractivity contribution in [2.45, 2.75) is 11.3 Å². The first-order valence-corrected chi connectivity index (χ1v) is 7.59. The van der Waals surface area contributed by atoms with Gasteiger partial charge in [-0.1, -0.05) is 0 Å². The molecule has 114 valence electrons. The molecule has 0 aromatic heterocycles. The highest BCUT2D eigenvalue weighted by atomic mass is 32.2. The van der Waals surface area contributed by atoms with Gasteiger partial charge in [-0.05, 0) is 23.8 Å². The molecule has 2 rings (SSSR count). The van der Waals surface area contributed by atoms with E-state index < -0.39 is 22.6 Å². The molecule has 1 aromatic carbocycles. The van der Waals surface area contributed by atoms with E-state index in [1.54, 1.807) is 0 Å². The van der Waals surface area contributed by atoms with E-state index >= 15 is 0 Å². The SMILES string of the molecule is O=C(O)COCCNS(=O)(=O)c1ccc2c(c1)CC(=O)N2. The van der Waals surface area contributed by atoms with Crippen molar-refractivity contribution in [1.82, 2.24) is 4.72 Å². The Morgan fingerprint density at radius 1 is 1.43 bits per heavy atom. The Hall–Kier alpha value is -1.97. The maximum Gasteiger partial charge on any atom is 0.329 e. The van der Waals surface area contributed by atoms with Crippen LogP contribution in [0, 0.1) is 0 Å². The number of rotatable bonds is 7. The number of hydrogen-bond acceptors (Lipinski definition) is 5. The largest absolute Gasteiger partial charge is 0.480 e. The number of carboxylic acid groups (broad SMARTS) is 1. The smallest absolute Gasteiger partial charge is 0.329 e. The molecule has 3 N–H and O–H groups in total. The van der Waals surface area contributed by atoms with Crippen LogP contribution < -0.4 is 10.0 Å². The number of carboxylic acids is 1. The maximum absolute atomic E-state index is 12.0. The number of carbonyl (C=O) groups excluding carboxylic acids is 1. The van der Waals surface area contributed by atoms with E-state index in [9.17, 15) is 18.0 Å². The Kier molecular flexibility index (Phi) is 4.56. The van der Waals surface area contributed by atoms with Crippen LogP contribution in [0.1, 0.15) is 5.56 Å². The molecular formula is C12H14N2O6S. The van der Waals surface area contributed by atoms with Gasteiger partial charge in [-0.15, -0.1) is 0 Å². The lowest BCUT2D eigenvalue weighted by molar-refractivity contribution is -0.142. The van der Waals surface area contributed by atoms with Crippen LogP contribution in [-0.4, -0.2) is 45.2 Å². The van der Waals surface area contributed by atoms with Gasteiger partial charge in [0.25, 0.3) is 0 Å². The molecule has 1 heterocycles. The van der Waals surface area contributed by atoms with Gasteiger partial charge >= 0.3 is 5.97 Å². The molecular weight excluding hydrogens is 300 g/mol. The summed E-state index contributed by atoms with van der Waals surface area (Å²) in [6, 6.07) is 4.37. The second-order valence-electron chi connectivity index (χ2n) is 4.39. The molecule has 8 nitrogen and oxygen atoms in total. The maximum atomic E-state index is 12.0. The van der Waals surface area contributed by atoms with Crippen LogP contribution in [-0.2, 0) is 30.8 Å². The van der Waals surface area contributed by atoms with Crippen molar-refractivity contribution in [3.63, 3.8) is 0 Å². The number of hydrogen-bond donors (Lipinski definition) is 3. The van der Waals surface area contributed by atoms with Crippen molar-refractivity contribution in [2.24, 2.45) is 0 Å². The molecule has 1 aliphatic heterocycles. The van der Waals surface area contributed by atoms with Crippen LogP contribution in [0.2, 0.25) is 0 Å². The van der Waals surface area contributed by atoms with Crippen LogP contribution in [0.5, 0.6) is 0 Å². The summed E-state index contributed by atoms with van der Waals surface area (Å²) in [5.41, 5.74) is 1.24. The minimum atomic E-state index is -3.72. The summed E-state index contributed by atoms with van der Waals surface area (Å²) in [4.78, 5) is 21.5. The van der Waals surface area contributed by atoms with Crippen LogP contribution in [0.3, 0.4) is 0 Å². The summed E-state index contributed by atoms with van der Waals surface area (Å²) in [6.45, 7) is -0.561. The molecule has 0 spiro atoms. The van der Waals surface area contributed by atoms with Gasteiger partial charge in [-0.2, -0.15) is 0 Å². The van der Waals surface area contributed by atoms with E-state index in [2.05, 4.69) is 10.0 Å². The van der Waals surface area contributed by atoms with Gasteiger partial charge in [0.2, 0.25) is 15.9 Å². The monoisotopic (exact) mass is 314 g/mol. The zero-order valence-corrected chi connectivity index (χ0v) is 11.8. The highest BCUT2D eigenvalue weighted by Gasteiger charge is 2.21. The molecule has 9 heteroatoms. The number of amides is 1. The predicted molar refractivity (Wildman–Crippen MR) is 72.4 cm³/mol. The van der Waals surface area contributed by atoms with Crippen LogP contribution in [0.25, 0.3) is 0 Å². The van der Waals surface area contributed by atoms with Crippen molar-refractivity contribution in [3.8, 4) is 0 Å². The molecule has 0 saturated heterocycles. The molecule has 0 fully saturated rings. The van der Waals surface area contributed by atoms with Crippen LogP contribution in [0.4, 0.5) is 5.69 Å². The van der Waals surface area contributed by atoms with E-state index in [4.69, 9.17) is 9.84 Å². The van der Waals surface area contributed by atoms with Gasteiger partial charge in [-0.3, -0.25) is 4.79 Å². The van der Waals surface area contributed by atoms with E-state index in [1.165, 1.54) is 18.2 Å². The molecule has 0 atom stereocenters. The second-order valence-corrected chi connectivity index (χ2v) is 6.15. The van der Waals surface area contributed by atoms with Crippen molar-refractivity contribution >= 4 is 27.6 Å². The average molecular weight is 314 g/mol. The third-order valence-electron chi connectivity index (χ3n) is 2.78. The highest BCUT2D eigenvalue weighted by Crippen LogP contribution is 2.25. The normalized spacial score (nSPS) is 13.8. The number of anilines is 1. The van der Waals surface area contributed by atoms with Gasteiger partial charge < -0.3 is 15.2 Å². The summed E-state index contributed by atoms with van der Waals surface area (Å²) in [5.74, 6) is -1.29. The standard InChI is InChI=1S/C12H14N2O6S/c15-11-6-8-5-9(1-2-10(8)14-11)21(18,19)13-3-4-20-7-12(16)17/h1-2,5,13H,3-4,6-7H2,(H,14,15)(H,16,17). The zero-order valence-electron chi connectivity index (χ0n) is 11.0. The molecule has 0 unspecified atom stereocenters. The van der Waals surface area contributed by atoms with Crippen LogP contribution in [0.15, 0.2) is 23.1 Å². The van der Waals surface area contributed by atoms with Crippen LogP contribution >= 0.6 is 0 Å². The Morgan fingerprint density at radius 3 is 2.90 bits per heavy atom. The quantitative estimate of drug-likeness (QED) is 0.587. The van der Waals surface area contributed by atoms with E-state index in [-0.39, 0.29) is 30.4 Å². The van der Waals surface area contributed by atoms with Crippen molar-refractivity contribution in [1.29, 1.82) is 0 Å². The number of carbonyl (C=O) groups is 2. The first-order chi connectivity index (χ1) is 9.88. The predicted octanol–water partition coefficient (Wildman–Crippen LogP) is -0.439.